The summed E-state index contributed by atoms with van der Waals surface area (Å²) in [5.41, 5.74) is -0.419. The number of ketones is 1. The Kier molecular flexibility index (Phi) is 4.90. The SMILES string of the molecule is CS(=O)(=O)NCC(=O)c1ccc(OC(F)F)cc1F. The van der Waals surface area contributed by atoms with Crippen molar-refractivity contribution in [2.24, 2.45) is 0 Å². The summed E-state index contributed by atoms with van der Waals surface area (Å²) in [5.74, 6) is -2.33. The second-order valence-corrected chi connectivity index (χ2v) is 5.37. The van der Waals surface area contributed by atoms with E-state index >= 15 is 0 Å². The highest BCUT2D eigenvalue weighted by Gasteiger charge is 2.15. The molecule has 0 aromatic heterocycles. The van der Waals surface area contributed by atoms with Gasteiger partial charge in [0.05, 0.1) is 18.4 Å². The monoisotopic (exact) mass is 297 g/mol. The number of rotatable bonds is 6. The van der Waals surface area contributed by atoms with Crippen LogP contribution in [-0.4, -0.2) is 33.6 Å². The fourth-order valence-corrected chi connectivity index (χ4v) is 1.58. The molecule has 0 aliphatic rings. The van der Waals surface area contributed by atoms with Crippen molar-refractivity contribution in [3.8, 4) is 5.75 Å². The van der Waals surface area contributed by atoms with Crippen LogP contribution in [0.5, 0.6) is 5.75 Å². The first-order valence-electron chi connectivity index (χ1n) is 4.91. The van der Waals surface area contributed by atoms with Gasteiger partial charge < -0.3 is 4.74 Å². The number of carbonyl (C=O) groups is 1. The normalized spacial score (nSPS) is 11.6. The number of sulfonamides is 1. The second kappa shape index (κ2) is 6.02. The predicted octanol–water partition coefficient (Wildman–Crippen LogP) is 1.16. The Labute approximate surface area is 107 Å². The molecule has 0 saturated heterocycles. The Morgan fingerprint density at radius 2 is 2.05 bits per heavy atom. The van der Waals surface area contributed by atoms with Gasteiger partial charge in [0.2, 0.25) is 10.0 Å². The Balaban J connectivity index is 2.81. The summed E-state index contributed by atoms with van der Waals surface area (Å²) < 4.78 is 64.6. The van der Waals surface area contributed by atoms with E-state index in [2.05, 4.69) is 4.74 Å². The molecule has 106 valence electrons. The van der Waals surface area contributed by atoms with Gasteiger partial charge in [-0.3, -0.25) is 4.79 Å². The zero-order valence-electron chi connectivity index (χ0n) is 9.69. The van der Waals surface area contributed by atoms with Crippen LogP contribution < -0.4 is 9.46 Å². The van der Waals surface area contributed by atoms with E-state index in [4.69, 9.17) is 0 Å². The number of alkyl halides is 2. The third-order valence-electron chi connectivity index (χ3n) is 1.96. The zero-order valence-corrected chi connectivity index (χ0v) is 10.5. The van der Waals surface area contributed by atoms with Crippen LogP contribution in [0.1, 0.15) is 10.4 Å². The quantitative estimate of drug-likeness (QED) is 0.800. The Morgan fingerprint density at radius 3 is 2.53 bits per heavy atom. The van der Waals surface area contributed by atoms with E-state index < -0.39 is 46.1 Å². The van der Waals surface area contributed by atoms with E-state index in [1.807, 2.05) is 4.72 Å². The number of carbonyl (C=O) groups excluding carboxylic acids is 1. The van der Waals surface area contributed by atoms with Gasteiger partial charge in [0, 0.05) is 6.07 Å². The molecule has 1 aromatic rings. The van der Waals surface area contributed by atoms with Gasteiger partial charge >= 0.3 is 6.61 Å². The molecule has 0 radical (unpaired) electrons. The Bertz CT molecular complexity index is 574. The maximum atomic E-state index is 13.4. The van der Waals surface area contributed by atoms with Gasteiger partial charge in [0.15, 0.2) is 5.78 Å². The molecule has 1 rings (SSSR count). The first kappa shape index (κ1) is 15.4. The van der Waals surface area contributed by atoms with Gasteiger partial charge in [-0.05, 0) is 12.1 Å². The van der Waals surface area contributed by atoms with Crippen molar-refractivity contribution in [1.29, 1.82) is 0 Å². The third-order valence-corrected chi connectivity index (χ3v) is 2.63. The highest BCUT2D eigenvalue weighted by molar-refractivity contribution is 7.88. The van der Waals surface area contributed by atoms with Gasteiger partial charge in [-0.2, -0.15) is 8.78 Å². The van der Waals surface area contributed by atoms with E-state index in [9.17, 15) is 26.4 Å². The fraction of sp³-hybridized carbons (Fsp3) is 0.300. The van der Waals surface area contributed by atoms with Gasteiger partial charge in [-0.25, -0.2) is 17.5 Å². The van der Waals surface area contributed by atoms with Crippen LogP contribution in [0.2, 0.25) is 0 Å². The summed E-state index contributed by atoms with van der Waals surface area (Å²) >= 11 is 0. The molecular weight excluding hydrogens is 287 g/mol. The van der Waals surface area contributed by atoms with E-state index in [0.717, 1.165) is 18.4 Å². The second-order valence-electron chi connectivity index (χ2n) is 3.54. The minimum absolute atomic E-state index is 0.419. The van der Waals surface area contributed by atoms with Crippen molar-refractivity contribution in [2.75, 3.05) is 12.8 Å². The van der Waals surface area contributed by atoms with Crippen molar-refractivity contribution in [3.05, 3.63) is 29.6 Å². The summed E-state index contributed by atoms with van der Waals surface area (Å²) in [6, 6.07) is 2.56. The lowest BCUT2D eigenvalue weighted by Crippen LogP contribution is -2.28. The highest BCUT2D eigenvalue weighted by atomic mass is 32.2. The lowest BCUT2D eigenvalue weighted by Gasteiger charge is -2.07. The van der Waals surface area contributed by atoms with E-state index in [1.165, 1.54) is 0 Å². The molecule has 19 heavy (non-hydrogen) atoms. The molecule has 5 nitrogen and oxygen atoms in total. The number of ether oxygens (including phenoxy) is 1. The van der Waals surface area contributed by atoms with Gasteiger partial charge in [-0.15, -0.1) is 0 Å². The molecule has 1 aromatic carbocycles. The van der Waals surface area contributed by atoms with Crippen LogP contribution in [0.15, 0.2) is 18.2 Å². The topological polar surface area (TPSA) is 72.5 Å². The van der Waals surface area contributed by atoms with Crippen molar-refractivity contribution < 1.29 is 31.1 Å². The van der Waals surface area contributed by atoms with Gasteiger partial charge in [0.25, 0.3) is 0 Å². The lowest BCUT2D eigenvalue weighted by atomic mass is 10.1. The summed E-state index contributed by atoms with van der Waals surface area (Å²) in [7, 11) is -3.58. The van der Waals surface area contributed by atoms with E-state index in [-0.39, 0.29) is 0 Å². The average molecular weight is 297 g/mol. The third kappa shape index (κ3) is 5.26. The molecule has 9 heteroatoms. The molecule has 0 bridgehead atoms. The maximum Gasteiger partial charge on any atom is 0.387 e. The number of Topliss-reactive ketones (excluding diaryl/α,β-unsaturated/α-hetero) is 1. The first-order chi connectivity index (χ1) is 8.69. The smallest absolute Gasteiger partial charge is 0.387 e. The zero-order chi connectivity index (χ0) is 14.6. The number of hydrogen-bond donors (Lipinski definition) is 1. The van der Waals surface area contributed by atoms with Crippen molar-refractivity contribution in [3.63, 3.8) is 0 Å². The van der Waals surface area contributed by atoms with Gasteiger partial charge in [-0.1, -0.05) is 0 Å². The van der Waals surface area contributed by atoms with Crippen molar-refractivity contribution in [1.82, 2.24) is 4.72 Å². The van der Waals surface area contributed by atoms with E-state index in [0.29, 0.717) is 6.07 Å². The maximum absolute atomic E-state index is 13.4. The van der Waals surface area contributed by atoms with Crippen LogP contribution in [0.25, 0.3) is 0 Å². The molecular formula is C10H10F3NO4S. The number of halogens is 3. The molecule has 1 N–H and O–H groups in total. The molecule has 0 fully saturated rings. The lowest BCUT2D eigenvalue weighted by molar-refractivity contribution is -0.0500. The van der Waals surface area contributed by atoms with Crippen molar-refractivity contribution in [2.45, 2.75) is 6.61 Å². The minimum Gasteiger partial charge on any atom is -0.435 e. The van der Waals surface area contributed by atoms with Crippen LogP contribution in [0.4, 0.5) is 13.2 Å². The summed E-state index contributed by atoms with van der Waals surface area (Å²) in [5, 5.41) is 0. The summed E-state index contributed by atoms with van der Waals surface area (Å²) in [6.07, 6.45) is 0.843. The van der Waals surface area contributed by atoms with Crippen molar-refractivity contribution >= 4 is 15.8 Å². The average Bonchev–Trinajstić information content (AvgIpc) is 2.24. The molecule has 0 aliphatic heterocycles. The molecule has 0 amide bonds. The Morgan fingerprint density at radius 1 is 1.42 bits per heavy atom. The first-order valence-corrected chi connectivity index (χ1v) is 6.80. The Hall–Kier alpha value is -1.61. The predicted molar refractivity (Wildman–Crippen MR) is 60.2 cm³/mol. The minimum atomic E-state index is -3.58. The molecule has 0 saturated carbocycles. The standard InChI is InChI=1S/C10H10F3NO4S/c1-19(16,17)14-5-9(15)7-3-2-6(4-8(7)11)18-10(12)13/h2-4,10,14H,5H2,1H3. The summed E-state index contributed by atoms with van der Waals surface area (Å²) in [4.78, 5) is 11.5. The molecule has 0 aliphatic carbocycles. The highest BCUT2D eigenvalue weighted by Crippen LogP contribution is 2.18. The molecule has 0 unspecified atom stereocenters. The molecule has 0 spiro atoms. The van der Waals surface area contributed by atoms with Crippen LogP contribution in [0.3, 0.4) is 0 Å². The molecule has 0 heterocycles. The van der Waals surface area contributed by atoms with Crippen LogP contribution in [0, 0.1) is 5.82 Å². The summed E-state index contributed by atoms with van der Waals surface area (Å²) in [6.45, 7) is -3.72. The van der Waals surface area contributed by atoms with E-state index in [1.54, 1.807) is 0 Å². The fourth-order valence-electron chi connectivity index (χ4n) is 1.19. The van der Waals surface area contributed by atoms with Crippen LogP contribution >= 0.6 is 0 Å². The largest absolute Gasteiger partial charge is 0.435 e. The number of nitrogens with one attached hydrogen (secondary N) is 1. The number of hydrogen-bond acceptors (Lipinski definition) is 4. The number of benzene rings is 1. The van der Waals surface area contributed by atoms with Gasteiger partial charge in [0.1, 0.15) is 11.6 Å². The van der Waals surface area contributed by atoms with Crippen LogP contribution in [-0.2, 0) is 10.0 Å². The molecule has 0 atom stereocenters.